The third-order valence-corrected chi connectivity index (χ3v) is 4.47. The van der Waals surface area contributed by atoms with E-state index in [2.05, 4.69) is 17.2 Å². The Kier molecular flexibility index (Phi) is 4.70. The summed E-state index contributed by atoms with van der Waals surface area (Å²) in [5.74, 6) is -0.465. The van der Waals surface area contributed by atoms with Gasteiger partial charge in [-0.2, -0.15) is 0 Å². The summed E-state index contributed by atoms with van der Waals surface area (Å²) in [6.07, 6.45) is 5.50. The molecule has 116 valence electrons. The largest absolute Gasteiger partial charge is 0.477 e. The summed E-state index contributed by atoms with van der Waals surface area (Å²) in [6, 6.07) is 0.199. The normalized spacial score (nSPS) is 22.6. The number of carboxylic acid groups (broad SMARTS) is 1. The molecule has 1 heterocycles. The Balaban J connectivity index is 2.12. The lowest BCUT2D eigenvalue weighted by molar-refractivity contribution is 0.0690. The highest BCUT2D eigenvalue weighted by Gasteiger charge is 2.24. The molecule has 1 fully saturated rings. The van der Waals surface area contributed by atoms with Crippen LogP contribution in [0.3, 0.4) is 0 Å². The number of rotatable bonds is 3. The first-order valence-corrected chi connectivity index (χ1v) is 7.63. The molecule has 21 heavy (non-hydrogen) atoms. The molecule has 0 spiro atoms. The van der Waals surface area contributed by atoms with Crippen LogP contribution in [0.15, 0.2) is 0 Å². The summed E-state index contributed by atoms with van der Waals surface area (Å²) in [5.41, 5.74) is 1.71. The first kappa shape index (κ1) is 15.6. The minimum Gasteiger partial charge on any atom is -0.477 e. The van der Waals surface area contributed by atoms with Gasteiger partial charge in [0.2, 0.25) is 0 Å². The average molecular weight is 292 g/mol. The molecule has 3 N–H and O–H groups in total. The molecule has 0 radical (unpaired) electrons. The van der Waals surface area contributed by atoms with Crippen LogP contribution in [0, 0.1) is 19.8 Å². The number of carboxylic acids is 1. The van der Waals surface area contributed by atoms with Crippen LogP contribution in [-0.4, -0.2) is 28.0 Å². The Morgan fingerprint density at radius 1 is 1.19 bits per heavy atom. The van der Waals surface area contributed by atoms with Gasteiger partial charge in [0.25, 0.3) is 5.91 Å². The van der Waals surface area contributed by atoms with E-state index in [0.29, 0.717) is 16.8 Å². The lowest BCUT2D eigenvalue weighted by Gasteiger charge is -2.16. The van der Waals surface area contributed by atoms with Gasteiger partial charge in [0.1, 0.15) is 5.69 Å². The van der Waals surface area contributed by atoms with Gasteiger partial charge in [-0.1, -0.05) is 19.8 Å². The molecule has 1 saturated carbocycles. The van der Waals surface area contributed by atoms with E-state index < -0.39 is 5.97 Å². The number of aromatic amines is 1. The number of carbonyl (C=O) groups is 2. The maximum Gasteiger partial charge on any atom is 0.352 e. The minimum atomic E-state index is -1.03. The van der Waals surface area contributed by atoms with Crippen molar-refractivity contribution in [2.45, 2.75) is 58.9 Å². The van der Waals surface area contributed by atoms with Crippen LogP contribution in [0.2, 0.25) is 0 Å². The van der Waals surface area contributed by atoms with Crippen LogP contribution in [0.5, 0.6) is 0 Å². The fraction of sp³-hybridized carbons (Fsp3) is 0.625. The monoisotopic (exact) mass is 292 g/mol. The van der Waals surface area contributed by atoms with E-state index in [0.717, 1.165) is 31.6 Å². The molecule has 0 bridgehead atoms. The first-order valence-electron chi connectivity index (χ1n) is 7.63. The second kappa shape index (κ2) is 6.33. The van der Waals surface area contributed by atoms with E-state index >= 15 is 0 Å². The van der Waals surface area contributed by atoms with Crippen LogP contribution >= 0.6 is 0 Å². The summed E-state index contributed by atoms with van der Waals surface area (Å²) in [4.78, 5) is 26.4. The fourth-order valence-electron chi connectivity index (χ4n) is 3.19. The zero-order valence-electron chi connectivity index (χ0n) is 13.0. The number of hydrogen-bond donors (Lipinski definition) is 3. The van der Waals surface area contributed by atoms with E-state index in [1.54, 1.807) is 13.8 Å². The number of aryl methyl sites for hydroxylation is 1. The van der Waals surface area contributed by atoms with Crippen LogP contribution in [0.4, 0.5) is 0 Å². The highest BCUT2D eigenvalue weighted by molar-refractivity contribution is 6.00. The van der Waals surface area contributed by atoms with E-state index in [1.807, 2.05) is 0 Å². The number of hydrogen-bond acceptors (Lipinski definition) is 2. The number of aromatic carboxylic acids is 1. The SMILES string of the molecule is Cc1[nH]c(C(=O)O)c(C)c1C(=O)NC1CCCC(C)CC1. The molecule has 1 aromatic heterocycles. The zero-order valence-corrected chi connectivity index (χ0v) is 13.0. The van der Waals surface area contributed by atoms with Crippen molar-refractivity contribution in [1.82, 2.24) is 10.3 Å². The highest BCUT2D eigenvalue weighted by Crippen LogP contribution is 2.24. The second-order valence-electron chi connectivity index (χ2n) is 6.21. The molecule has 1 aromatic rings. The van der Waals surface area contributed by atoms with E-state index in [1.165, 1.54) is 6.42 Å². The lowest BCUT2D eigenvalue weighted by Crippen LogP contribution is -2.35. The molecule has 0 aliphatic heterocycles. The van der Waals surface area contributed by atoms with Crippen molar-refractivity contribution in [3.8, 4) is 0 Å². The Hall–Kier alpha value is -1.78. The topological polar surface area (TPSA) is 82.2 Å². The predicted octanol–water partition coefficient (Wildman–Crippen LogP) is 3.03. The minimum absolute atomic E-state index is 0.104. The highest BCUT2D eigenvalue weighted by atomic mass is 16.4. The van der Waals surface area contributed by atoms with Crippen molar-refractivity contribution >= 4 is 11.9 Å². The van der Waals surface area contributed by atoms with Crippen LogP contribution < -0.4 is 5.32 Å². The Bertz CT molecular complexity index is 548. The zero-order chi connectivity index (χ0) is 15.6. The average Bonchev–Trinajstić information content (AvgIpc) is 2.56. The number of aromatic nitrogens is 1. The molecule has 1 aliphatic rings. The second-order valence-corrected chi connectivity index (χ2v) is 6.21. The summed E-state index contributed by atoms with van der Waals surface area (Å²) < 4.78 is 0. The molecular formula is C16H24N2O3. The summed E-state index contributed by atoms with van der Waals surface area (Å²) >= 11 is 0. The Morgan fingerprint density at radius 3 is 2.52 bits per heavy atom. The fourth-order valence-corrected chi connectivity index (χ4v) is 3.19. The third kappa shape index (κ3) is 3.46. The standard InChI is InChI=1S/C16H24N2O3/c1-9-5-4-6-12(8-7-9)18-15(19)13-10(2)14(16(20)21)17-11(13)3/h9,12,17H,4-8H2,1-3H3,(H,18,19)(H,20,21). The quantitative estimate of drug-likeness (QED) is 0.749. The molecule has 2 unspecified atom stereocenters. The molecule has 5 nitrogen and oxygen atoms in total. The van der Waals surface area contributed by atoms with Crippen LogP contribution in [0.25, 0.3) is 0 Å². The first-order chi connectivity index (χ1) is 9.90. The molecule has 0 saturated heterocycles. The van der Waals surface area contributed by atoms with Crippen molar-refractivity contribution in [3.05, 3.63) is 22.5 Å². The van der Waals surface area contributed by atoms with Gasteiger partial charge in [-0.05, 0) is 44.6 Å². The Morgan fingerprint density at radius 2 is 1.90 bits per heavy atom. The van der Waals surface area contributed by atoms with Gasteiger partial charge in [0.15, 0.2) is 0 Å². The molecule has 2 rings (SSSR count). The van der Waals surface area contributed by atoms with Crippen molar-refractivity contribution in [2.75, 3.05) is 0 Å². The molecule has 1 aliphatic carbocycles. The summed E-state index contributed by atoms with van der Waals surface area (Å²) in [7, 11) is 0. The van der Waals surface area contributed by atoms with Gasteiger partial charge in [-0.25, -0.2) is 4.79 Å². The third-order valence-electron chi connectivity index (χ3n) is 4.47. The van der Waals surface area contributed by atoms with Gasteiger partial charge in [-0.15, -0.1) is 0 Å². The summed E-state index contributed by atoms with van der Waals surface area (Å²) in [5, 5.41) is 12.2. The molecule has 2 atom stereocenters. The van der Waals surface area contributed by atoms with Crippen LogP contribution in [-0.2, 0) is 0 Å². The Labute approximate surface area is 125 Å². The molecule has 0 aromatic carbocycles. The van der Waals surface area contributed by atoms with Crippen molar-refractivity contribution in [2.24, 2.45) is 5.92 Å². The van der Waals surface area contributed by atoms with E-state index in [4.69, 9.17) is 5.11 Å². The predicted molar refractivity (Wildman–Crippen MR) is 80.7 cm³/mol. The van der Waals surface area contributed by atoms with E-state index in [9.17, 15) is 9.59 Å². The smallest absolute Gasteiger partial charge is 0.352 e. The molecule has 1 amide bonds. The van der Waals surface area contributed by atoms with Crippen molar-refractivity contribution in [3.63, 3.8) is 0 Å². The molecular weight excluding hydrogens is 268 g/mol. The van der Waals surface area contributed by atoms with Gasteiger partial charge in [0.05, 0.1) is 5.56 Å². The lowest BCUT2D eigenvalue weighted by atomic mass is 10.0. The summed E-state index contributed by atoms with van der Waals surface area (Å²) in [6.45, 7) is 5.67. The van der Waals surface area contributed by atoms with Gasteiger partial charge in [-0.3, -0.25) is 4.79 Å². The molecule has 5 heteroatoms. The number of H-pyrrole nitrogens is 1. The maximum atomic E-state index is 12.5. The van der Waals surface area contributed by atoms with Gasteiger partial charge in [0, 0.05) is 11.7 Å². The van der Waals surface area contributed by atoms with E-state index in [-0.39, 0.29) is 17.6 Å². The van der Waals surface area contributed by atoms with Crippen molar-refractivity contribution in [1.29, 1.82) is 0 Å². The maximum absolute atomic E-state index is 12.5. The van der Waals surface area contributed by atoms with Gasteiger partial charge < -0.3 is 15.4 Å². The number of amides is 1. The van der Waals surface area contributed by atoms with Crippen LogP contribution in [0.1, 0.15) is 71.1 Å². The number of nitrogens with one attached hydrogen (secondary N) is 2. The van der Waals surface area contributed by atoms with Crippen molar-refractivity contribution < 1.29 is 14.7 Å². The van der Waals surface area contributed by atoms with Gasteiger partial charge >= 0.3 is 5.97 Å². The number of carbonyl (C=O) groups excluding carboxylic acids is 1.